The van der Waals surface area contributed by atoms with Crippen LogP contribution in [0.15, 0.2) is 18.3 Å². The molecule has 0 aliphatic carbocycles. The van der Waals surface area contributed by atoms with Gasteiger partial charge in [-0.05, 0) is 18.1 Å². The molecule has 0 amide bonds. The monoisotopic (exact) mass is 177 g/mol. The highest BCUT2D eigenvalue weighted by Crippen LogP contribution is 2.10. The summed E-state index contributed by atoms with van der Waals surface area (Å²) in [6.07, 6.45) is 6.88. The summed E-state index contributed by atoms with van der Waals surface area (Å²) in [6, 6.07) is 3.50. The van der Waals surface area contributed by atoms with Crippen molar-refractivity contribution in [1.82, 2.24) is 14.6 Å². The molecule has 0 saturated heterocycles. The lowest BCUT2D eigenvalue weighted by Gasteiger charge is -1.92. The Labute approximate surface area is 74.0 Å². The lowest BCUT2D eigenvalue weighted by molar-refractivity contribution is 1.07. The molecule has 0 spiro atoms. The van der Waals surface area contributed by atoms with E-state index in [1.165, 1.54) is 0 Å². The van der Waals surface area contributed by atoms with Crippen LogP contribution in [0.3, 0.4) is 0 Å². The third kappa shape index (κ3) is 0.936. The number of pyridine rings is 1. The molecule has 2 aromatic heterocycles. The van der Waals surface area contributed by atoms with Crippen LogP contribution >= 0.6 is 11.6 Å². The zero-order valence-corrected chi connectivity index (χ0v) is 6.78. The van der Waals surface area contributed by atoms with Crippen LogP contribution in [0.4, 0.5) is 0 Å². The molecule has 3 nitrogen and oxygen atoms in total. The highest BCUT2D eigenvalue weighted by molar-refractivity contribution is 6.30. The van der Waals surface area contributed by atoms with Crippen LogP contribution in [0, 0.1) is 12.3 Å². The van der Waals surface area contributed by atoms with E-state index in [1.54, 1.807) is 22.7 Å². The van der Waals surface area contributed by atoms with Crippen LogP contribution in [0.1, 0.15) is 5.82 Å². The molecule has 0 bridgehead atoms. The predicted octanol–water partition coefficient (Wildman–Crippen LogP) is 1.36. The maximum absolute atomic E-state index is 5.76. The Morgan fingerprint density at radius 2 is 2.25 bits per heavy atom. The number of halogens is 1. The molecular weight excluding hydrogens is 174 g/mol. The second kappa shape index (κ2) is 2.50. The molecule has 0 radical (unpaired) electrons. The van der Waals surface area contributed by atoms with Gasteiger partial charge in [0, 0.05) is 6.20 Å². The molecule has 0 fully saturated rings. The minimum Gasteiger partial charge on any atom is -0.274 e. The Bertz CT molecular complexity index is 467. The molecule has 0 saturated carbocycles. The Balaban J connectivity index is 2.86. The third-order valence-electron chi connectivity index (χ3n) is 1.50. The maximum atomic E-state index is 5.76. The van der Waals surface area contributed by atoms with Gasteiger partial charge in [0.15, 0.2) is 5.65 Å². The van der Waals surface area contributed by atoms with E-state index in [-0.39, 0.29) is 0 Å². The first kappa shape index (κ1) is 7.14. The summed E-state index contributed by atoms with van der Waals surface area (Å²) in [6.45, 7) is 0. The molecule has 2 heterocycles. The first-order valence-corrected chi connectivity index (χ1v) is 3.66. The first-order valence-electron chi connectivity index (χ1n) is 3.28. The van der Waals surface area contributed by atoms with Gasteiger partial charge in [-0.1, -0.05) is 11.6 Å². The van der Waals surface area contributed by atoms with E-state index in [2.05, 4.69) is 16.1 Å². The third-order valence-corrected chi connectivity index (χ3v) is 1.72. The van der Waals surface area contributed by atoms with Crippen molar-refractivity contribution in [2.45, 2.75) is 0 Å². The molecule has 58 valence electrons. The lowest BCUT2D eigenvalue weighted by Crippen LogP contribution is -1.87. The Hall–Kier alpha value is -1.53. The fourth-order valence-electron chi connectivity index (χ4n) is 0.963. The molecule has 0 N–H and O–H groups in total. The van der Waals surface area contributed by atoms with Crippen molar-refractivity contribution in [3.63, 3.8) is 0 Å². The average molecular weight is 178 g/mol. The summed E-state index contributed by atoms with van der Waals surface area (Å²) in [4.78, 5) is 0. The smallest absolute Gasteiger partial charge is 0.212 e. The van der Waals surface area contributed by atoms with E-state index >= 15 is 0 Å². The minimum absolute atomic E-state index is 0.465. The summed E-state index contributed by atoms with van der Waals surface area (Å²) >= 11 is 5.76. The van der Waals surface area contributed by atoms with E-state index in [0.717, 1.165) is 0 Å². The second-order valence-corrected chi connectivity index (χ2v) is 2.68. The zero-order valence-electron chi connectivity index (χ0n) is 6.03. The quantitative estimate of drug-likeness (QED) is 0.569. The van der Waals surface area contributed by atoms with E-state index in [0.29, 0.717) is 16.5 Å². The van der Waals surface area contributed by atoms with Crippen LogP contribution in [0.5, 0.6) is 0 Å². The van der Waals surface area contributed by atoms with Crippen molar-refractivity contribution in [2.24, 2.45) is 0 Å². The molecule has 12 heavy (non-hydrogen) atoms. The topological polar surface area (TPSA) is 30.2 Å². The van der Waals surface area contributed by atoms with Crippen molar-refractivity contribution >= 4 is 17.2 Å². The number of nitrogens with zero attached hydrogens (tertiary/aromatic N) is 3. The fraction of sp³-hybridized carbons (Fsp3) is 0. The number of fused-ring (bicyclic) bond motifs is 1. The highest BCUT2D eigenvalue weighted by atomic mass is 35.5. The number of hydrogen-bond donors (Lipinski definition) is 0. The standard InChI is InChI=1S/C8H4ClN3/c1-2-7-10-11-8-4-3-6(9)5-12(7)8/h1,3-5H. The van der Waals surface area contributed by atoms with Crippen LogP contribution in [-0.2, 0) is 0 Å². The molecule has 2 aromatic rings. The number of aromatic nitrogens is 3. The molecule has 2 rings (SSSR count). The van der Waals surface area contributed by atoms with E-state index in [1.807, 2.05) is 0 Å². The summed E-state index contributed by atoms with van der Waals surface area (Å²) in [7, 11) is 0. The van der Waals surface area contributed by atoms with Crippen LogP contribution in [-0.4, -0.2) is 14.6 Å². The predicted molar refractivity (Wildman–Crippen MR) is 45.9 cm³/mol. The van der Waals surface area contributed by atoms with Crippen LogP contribution in [0.25, 0.3) is 5.65 Å². The molecule has 0 aliphatic rings. The normalized spacial score (nSPS) is 10.0. The molecule has 0 atom stereocenters. The Morgan fingerprint density at radius 3 is 3.00 bits per heavy atom. The van der Waals surface area contributed by atoms with Crippen molar-refractivity contribution in [3.8, 4) is 12.3 Å². The molecular formula is C8H4ClN3. The van der Waals surface area contributed by atoms with Crippen molar-refractivity contribution in [3.05, 3.63) is 29.2 Å². The average Bonchev–Trinajstić information content (AvgIpc) is 2.46. The van der Waals surface area contributed by atoms with Crippen LogP contribution in [0.2, 0.25) is 5.02 Å². The van der Waals surface area contributed by atoms with Gasteiger partial charge in [-0.25, -0.2) is 0 Å². The van der Waals surface area contributed by atoms with E-state index in [4.69, 9.17) is 18.0 Å². The number of terminal acetylenes is 1. The molecule has 0 aromatic carbocycles. The Kier molecular flexibility index (Phi) is 1.49. The van der Waals surface area contributed by atoms with Gasteiger partial charge < -0.3 is 0 Å². The van der Waals surface area contributed by atoms with Crippen molar-refractivity contribution < 1.29 is 0 Å². The van der Waals surface area contributed by atoms with Gasteiger partial charge in [0.1, 0.15) is 0 Å². The van der Waals surface area contributed by atoms with Gasteiger partial charge in [0.2, 0.25) is 5.82 Å². The second-order valence-electron chi connectivity index (χ2n) is 2.24. The summed E-state index contributed by atoms with van der Waals surface area (Å²) in [5.41, 5.74) is 0.701. The summed E-state index contributed by atoms with van der Waals surface area (Å²) < 4.78 is 1.67. The summed E-state index contributed by atoms with van der Waals surface area (Å²) in [5, 5.41) is 8.23. The van der Waals surface area contributed by atoms with E-state index < -0.39 is 0 Å². The first-order chi connectivity index (χ1) is 5.81. The van der Waals surface area contributed by atoms with E-state index in [9.17, 15) is 0 Å². The molecule has 0 aliphatic heterocycles. The number of rotatable bonds is 0. The van der Waals surface area contributed by atoms with Crippen LogP contribution < -0.4 is 0 Å². The summed E-state index contributed by atoms with van der Waals surface area (Å²) in [5.74, 6) is 2.87. The number of hydrogen-bond acceptors (Lipinski definition) is 2. The van der Waals surface area contributed by atoms with Gasteiger partial charge in [0.05, 0.1) is 5.02 Å². The highest BCUT2D eigenvalue weighted by Gasteiger charge is 2.01. The zero-order chi connectivity index (χ0) is 8.55. The van der Waals surface area contributed by atoms with Gasteiger partial charge in [-0.15, -0.1) is 16.6 Å². The van der Waals surface area contributed by atoms with Crippen molar-refractivity contribution in [1.29, 1.82) is 0 Å². The van der Waals surface area contributed by atoms with Gasteiger partial charge in [-0.2, -0.15) is 0 Å². The largest absolute Gasteiger partial charge is 0.274 e. The van der Waals surface area contributed by atoms with Gasteiger partial charge in [-0.3, -0.25) is 4.40 Å². The maximum Gasteiger partial charge on any atom is 0.212 e. The van der Waals surface area contributed by atoms with Crippen molar-refractivity contribution in [2.75, 3.05) is 0 Å². The van der Waals surface area contributed by atoms with Gasteiger partial charge in [0.25, 0.3) is 0 Å². The van der Waals surface area contributed by atoms with Gasteiger partial charge >= 0.3 is 0 Å². The SMILES string of the molecule is C#Cc1nnc2ccc(Cl)cn12. The Morgan fingerprint density at radius 1 is 1.42 bits per heavy atom. The molecule has 0 unspecified atom stereocenters. The lowest BCUT2D eigenvalue weighted by atomic mass is 10.4. The minimum atomic E-state index is 0.465. The molecule has 4 heteroatoms. The fourth-order valence-corrected chi connectivity index (χ4v) is 1.12.